The second-order valence-electron chi connectivity index (χ2n) is 11.6. The van der Waals surface area contributed by atoms with E-state index < -0.39 is 16.5 Å². The van der Waals surface area contributed by atoms with Crippen LogP contribution in [-0.2, 0) is 6.42 Å². The van der Waals surface area contributed by atoms with E-state index in [0.717, 1.165) is 6.42 Å². The molecule has 160 valence electrons. The van der Waals surface area contributed by atoms with E-state index in [4.69, 9.17) is 0 Å². The summed E-state index contributed by atoms with van der Waals surface area (Å²) in [4.78, 5) is 7.65. The van der Waals surface area contributed by atoms with Crippen molar-refractivity contribution in [3.05, 3.63) is 59.7 Å². The number of hydrogen-bond acceptors (Lipinski definition) is 2. The average Bonchev–Trinajstić information content (AvgIpc) is 2.56. The van der Waals surface area contributed by atoms with Crippen LogP contribution in [0.1, 0.15) is 52.7 Å². The van der Waals surface area contributed by atoms with Crippen LogP contribution in [0.5, 0.6) is 0 Å². The number of nitrogens with one attached hydrogen (secondary N) is 2. The monoisotopic (exact) mass is 426 g/mol. The van der Waals surface area contributed by atoms with Crippen LogP contribution >= 0.6 is 0 Å². The molecular weight excluding hydrogens is 384 g/mol. The summed E-state index contributed by atoms with van der Waals surface area (Å²) in [5, 5.41) is 0.651. The largest absolute Gasteiger partial charge is 0.410 e. The summed E-state index contributed by atoms with van der Waals surface area (Å²) in [5.74, 6) is 0. The number of rotatable bonds is 6. The van der Waals surface area contributed by atoms with Crippen molar-refractivity contribution in [2.75, 3.05) is 9.96 Å². The van der Waals surface area contributed by atoms with Crippen LogP contribution in [0.25, 0.3) is 0 Å². The van der Waals surface area contributed by atoms with E-state index >= 15 is 0 Å². The molecule has 2 aromatic rings. The fourth-order valence-corrected chi connectivity index (χ4v) is 5.27. The molecule has 0 aliphatic rings. The van der Waals surface area contributed by atoms with Crippen molar-refractivity contribution >= 4 is 27.8 Å². The lowest BCUT2D eigenvalue weighted by Crippen LogP contribution is -2.45. The van der Waals surface area contributed by atoms with E-state index in [-0.39, 0.29) is 0 Å². The van der Waals surface area contributed by atoms with E-state index in [1.54, 1.807) is 0 Å². The summed E-state index contributed by atoms with van der Waals surface area (Å²) >= 11 is 0. The molecule has 4 heteroatoms. The molecular formula is C25H42N2Si2. The molecule has 0 fully saturated rings. The molecule has 2 rings (SSSR count). The van der Waals surface area contributed by atoms with E-state index in [9.17, 15) is 0 Å². The predicted molar refractivity (Wildman–Crippen MR) is 137 cm³/mol. The van der Waals surface area contributed by atoms with E-state index in [2.05, 4.69) is 126 Å². The molecule has 0 saturated heterocycles. The first-order chi connectivity index (χ1) is 13.1. The molecule has 0 atom stereocenters. The Morgan fingerprint density at radius 1 is 0.552 bits per heavy atom. The Kier molecular flexibility index (Phi) is 6.80. The van der Waals surface area contributed by atoms with Gasteiger partial charge in [0.2, 0.25) is 0 Å². The van der Waals surface area contributed by atoms with Gasteiger partial charge in [-0.3, -0.25) is 0 Å². The first kappa shape index (κ1) is 23.7. The lowest BCUT2D eigenvalue weighted by molar-refractivity contribution is 0.723. The smallest absolute Gasteiger partial charge is 0.152 e. The van der Waals surface area contributed by atoms with Crippen molar-refractivity contribution in [3.8, 4) is 0 Å². The van der Waals surface area contributed by atoms with Crippen LogP contribution in [0.2, 0.25) is 36.3 Å². The second-order valence-corrected chi connectivity index (χ2v) is 21.6. The summed E-state index contributed by atoms with van der Waals surface area (Å²) in [6.45, 7) is 23.6. The van der Waals surface area contributed by atoms with Gasteiger partial charge in [-0.05, 0) is 51.9 Å². The molecule has 0 aliphatic carbocycles. The molecule has 2 nitrogen and oxygen atoms in total. The van der Waals surface area contributed by atoms with Gasteiger partial charge in [0.1, 0.15) is 0 Å². The standard InChI is InChI=1S/C25H42N2Si2/c1-24(2,3)28(7,8)26-22-15-11-20(12-16-22)19-21-13-17-23(18-14-21)27-29(9,10)25(4,5)6/h11-18,26-27H,19H2,1-10H3. The van der Waals surface area contributed by atoms with Gasteiger partial charge in [0, 0.05) is 11.4 Å². The van der Waals surface area contributed by atoms with E-state index in [0.29, 0.717) is 10.1 Å². The molecule has 0 heterocycles. The summed E-state index contributed by atoms with van der Waals surface area (Å²) in [7, 11) is -3.06. The van der Waals surface area contributed by atoms with Crippen molar-refractivity contribution < 1.29 is 0 Å². The van der Waals surface area contributed by atoms with Crippen molar-refractivity contribution in [2.45, 2.75) is 84.2 Å². The maximum atomic E-state index is 3.83. The van der Waals surface area contributed by atoms with Crippen LogP contribution < -0.4 is 9.96 Å². The molecule has 0 unspecified atom stereocenters. The third-order valence-electron chi connectivity index (χ3n) is 6.98. The first-order valence-electron chi connectivity index (χ1n) is 10.8. The van der Waals surface area contributed by atoms with Gasteiger partial charge >= 0.3 is 0 Å². The highest BCUT2D eigenvalue weighted by atomic mass is 28.3. The molecule has 0 saturated carbocycles. The molecule has 0 aromatic heterocycles. The van der Waals surface area contributed by atoms with Gasteiger partial charge in [0.25, 0.3) is 0 Å². The summed E-state index contributed by atoms with van der Waals surface area (Å²) in [6.07, 6.45) is 0.973. The van der Waals surface area contributed by atoms with Crippen LogP contribution in [0.4, 0.5) is 11.4 Å². The summed E-state index contributed by atoms with van der Waals surface area (Å²) in [6, 6.07) is 18.0. The third kappa shape index (κ3) is 6.22. The molecule has 0 radical (unpaired) electrons. The van der Waals surface area contributed by atoms with Gasteiger partial charge in [-0.2, -0.15) is 0 Å². The van der Waals surface area contributed by atoms with Crippen LogP contribution in [0.15, 0.2) is 48.5 Å². The topological polar surface area (TPSA) is 24.1 Å². The highest BCUT2D eigenvalue weighted by Gasteiger charge is 2.36. The van der Waals surface area contributed by atoms with Gasteiger partial charge in [-0.1, -0.05) is 92.0 Å². The fraction of sp³-hybridized carbons (Fsp3) is 0.520. The highest BCUT2D eigenvalue weighted by Crippen LogP contribution is 2.37. The zero-order chi connectivity index (χ0) is 22.1. The van der Waals surface area contributed by atoms with E-state index in [1.807, 2.05) is 0 Å². The SMILES string of the molecule is CC(C)(C)[Si](C)(C)Nc1ccc(Cc2ccc(N[Si](C)(C)C(C)(C)C)cc2)cc1. The van der Waals surface area contributed by atoms with Crippen LogP contribution in [0.3, 0.4) is 0 Å². The average molecular weight is 427 g/mol. The second kappa shape index (κ2) is 8.31. The van der Waals surface area contributed by atoms with Crippen molar-refractivity contribution in [1.29, 1.82) is 0 Å². The normalized spacial score (nSPS) is 13.3. The van der Waals surface area contributed by atoms with Gasteiger partial charge in [0.15, 0.2) is 16.5 Å². The minimum Gasteiger partial charge on any atom is -0.410 e. The van der Waals surface area contributed by atoms with Gasteiger partial charge in [-0.15, -0.1) is 0 Å². The van der Waals surface area contributed by atoms with Crippen LogP contribution in [-0.4, -0.2) is 16.5 Å². The lowest BCUT2D eigenvalue weighted by atomic mass is 10.0. The van der Waals surface area contributed by atoms with Gasteiger partial charge < -0.3 is 9.96 Å². The molecule has 0 amide bonds. The third-order valence-corrected chi connectivity index (χ3v) is 16.3. The Hall–Kier alpha value is -1.53. The van der Waals surface area contributed by atoms with Gasteiger partial charge in [-0.25, -0.2) is 0 Å². The molecule has 0 bridgehead atoms. The van der Waals surface area contributed by atoms with Crippen LogP contribution in [0, 0.1) is 0 Å². The number of anilines is 2. The molecule has 0 aliphatic heterocycles. The zero-order valence-electron chi connectivity index (χ0n) is 20.3. The lowest BCUT2D eigenvalue weighted by Gasteiger charge is -2.38. The van der Waals surface area contributed by atoms with Crippen molar-refractivity contribution in [2.24, 2.45) is 0 Å². The van der Waals surface area contributed by atoms with Gasteiger partial charge in [0.05, 0.1) is 0 Å². The highest BCUT2D eigenvalue weighted by molar-refractivity contribution is 6.83. The summed E-state index contributed by atoms with van der Waals surface area (Å²) < 4.78 is 0. The molecule has 2 N–H and O–H groups in total. The Labute approximate surface area is 181 Å². The fourth-order valence-electron chi connectivity index (χ4n) is 2.74. The Bertz CT molecular complexity index is 723. The maximum absolute atomic E-state index is 3.83. The zero-order valence-corrected chi connectivity index (χ0v) is 22.3. The van der Waals surface area contributed by atoms with Crippen molar-refractivity contribution in [1.82, 2.24) is 0 Å². The quantitative estimate of drug-likeness (QED) is 0.456. The van der Waals surface area contributed by atoms with E-state index in [1.165, 1.54) is 22.5 Å². The molecule has 0 spiro atoms. The number of benzene rings is 2. The molecule has 29 heavy (non-hydrogen) atoms. The minimum atomic E-state index is -1.53. The number of hydrogen-bond donors (Lipinski definition) is 2. The Morgan fingerprint density at radius 3 is 1.07 bits per heavy atom. The maximum Gasteiger partial charge on any atom is 0.152 e. The first-order valence-corrected chi connectivity index (χ1v) is 16.8. The Morgan fingerprint density at radius 2 is 0.828 bits per heavy atom. The predicted octanol–water partition coefficient (Wildman–Crippen LogP) is 8.11. The molecule has 2 aromatic carbocycles. The van der Waals surface area contributed by atoms with Crippen molar-refractivity contribution in [3.63, 3.8) is 0 Å². The minimum absolute atomic E-state index is 0.325. The summed E-state index contributed by atoms with van der Waals surface area (Å²) in [5.41, 5.74) is 5.20. The Balaban J connectivity index is 2.02.